The van der Waals surface area contributed by atoms with Crippen LogP contribution in [0.1, 0.15) is 303 Å². The predicted molar refractivity (Wildman–Crippen MR) is 307 cm³/mol. The van der Waals surface area contributed by atoms with Gasteiger partial charge in [-0.15, -0.1) is 0 Å². The highest BCUT2D eigenvalue weighted by Gasteiger charge is 2.44. The third-order valence-corrected chi connectivity index (χ3v) is 15.5. The second-order valence-corrected chi connectivity index (χ2v) is 22.5. The van der Waals surface area contributed by atoms with Gasteiger partial charge in [0.2, 0.25) is 5.91 Å². The first-order valence-corrected chi connectivity index (χ1v) is 31.7. The molecule has 1 rings (SSSR count). The molecule has 1 saturated heterocycles. The van der Waals surface area contributed by atoms with E-state index in [0.29, 0.717) is 19.3 Å². The van der Waals surface area contributed by atoms with Crippen LogP contribution in [-0.2, 0) is 14.3 Å². The van der Waals surface area contributed by atoms with E-state index in [0.717, 1.165) is 38.5 Å². The molecule has 0 bridgehead atoms. The van der Waals surface area contributed by atoms with Crippen LogP contribution >= 0.6 is 0 Å². The lowest BCUT2D eigenvalue weighted by atomic mass is 9.98. The lowest BCUT2D eigenvalue weighted by molar-refractivity contribution is -0.303. The summed E-state index contributed by atoms with van der Waals surface area (Å²) in [6.45, 7) is 3.48. The Morgan fingerprint density at radius 2 is 0.811 bits per heavy atom. The molecule has 1 aliphatic heterocycles. The van der Waals surface area contributed by atoms with Crippen molar-refractivity contribution in [2.75, 3.05) is 13.2 Å². The van der Waals surface area contributed by atoms with Crippen molar-refractivity contribution in [3.63, 3.8) is 0 Å². The van der Waals surface area contributed by atoms with Gasteiger partial charge in [0.15, 0.2) is 6.29 Å². The number of hydrogen-bond acceptors (Lipinski definition) is 10. The first-order valence-electron chi connectivity index (χ1n) is 31.7. The van der Waals surface area contributed by atoms with Gasteiger partial charge in [-0.3, -0.25) is 4.79 Å². The largest absolute Gasteiger partial charge is 0.394 e. The summed E-state index contributed by atoms with van der Waals surface area (Å²) in [5.74, 6) is -0.705. The maximum Gasteiger partial charge on any atom is 0.249 e. The van der Waals surface area contributed by atoms with E-state index in [1.807, 2.05) is 0 Å². The number of rotatable bonds is 55. The van der Waals surface area contributed by atoms with Gasteiger partial charge in [0.1, 0.15) is 36.6 Å². The minimum absolute atomic E-state index is 0.249. The summed E-state index contributed by atoms with van der Waals surface area (Å²) >= 11 is 0. The van der Waals surface area contributed by atoms with Crippen LogP contribution in [0.5, 0.6) is 0 Å². The topological polar surface area (TPSA) is 189 Å². The number of amides is 1. The molecule has 0 spiro atoms. The summed E-state index contributed by atoms with van der Waals surface area (Å²) in [6.07, 6.45) is 52.5. The summed E-state index contributed by atoms with van der Waals surface area (Å²) in [5, 5.41) is 76.2. The van der Waals surface area contributed by atoms with Crippen LogP contribution < -0.4 is 5.32 Å². The van der Waals surface area contributed by atoms with Gasteiger partial charge in [-0.25, -0.2) is 0 Å². The van der Waals surface area contributed by atoms with E-state index in [4.69, 9.17) is 9.47 Å². The first-order chi connectivity index (χ1) is 36.2. The van der Waals surface area contributed by atoms with Crippen molar-refractivity contribution >= 4 is 5.91 Å². The number of nitrogens with one attached hydrogen (secondary N) is 1. The number of unbranched alkanes of at least 4 members (excludes halogenated alkanes) is 39. The van der Waals surface area contributed by atoms with Crippen molar-refractivity contribution < 1.29 is 50.0 Å². The molecule has 1 amide bonds. The lowest BCUT2D eigenvalue weighted by Gasteiger charge is -2.40. The molecule has 1 aliphatic rings. The fourth-order valence-electron chi connectivity index (χ4n) is 10.3. The minimum atomic E-state index is -1.67. The molecule has 438 valence electrons. The van der Waals surface area contributed by atoms with Gasteiger partial charge in [0, 0.05) is 0 Å². The molecule has 11 nitrogen and oxygen atoms in total. The van der Waals surface area contributed by atoms with E-state index in [9.17, 15) is 40.5 Å². The molecule has 0 aliphatic carbocycles. The zero-order valence-corrected chi connectivity index (χ0v) is 48.1. The fourth-order valence-corrected chi connectivity index (χ4v) is 10.3. The third kappa shape index (κ3) is 39.9. The summed E-state index contributed by atoms with van der Waals surface area (Å²) in [7, 11) is 0. The Kier molecular flexibility index (Phi) is 49.9. The third-order valence-electron chi connectivity index (χ3n) is 15.5. The highest BCUT2D eigenvalue weighted by Crippen LogP contribution is 2.24. The Bertz CT molecular complexity index is 1250. The summed E-state index contributed by atoms with van der Waals surface area (Å²) < 4.78 is 11.1. The van der Waals surface area contributed by atoms with Crippen LogP contribution in [0.3, 0.4) is 0 Å². The van der Waals surface area contributed by atoms with E-state index in [1.54, 1.807) is 0 Å². The van der Waals surface area contributed by atoms with Gasteiger partial charge >= 0.3 is 0 Å². The standard InChI is InChI=1S/C63H121NO10/c1-3-5-7-9-11-13-15-17-19-21-23-24-25-26-27-28-29-30-31-33-34-36-38-40-42-44-46-48-50-55(66)58(68)54(53-73-63-61(71)60(70)59(69)57(52-65)74-63)64-62(72)56(67)51-49-47-45-43-41-39-37-35-32-22-20-18-16-14-12-10-8-6-4-2/h34,36,42,44,54-61,63,65-71H,3-33,35,37-41,43,45-53H2,1-2H3,(H,64,72)/b36-34+,44-42+. The molecule has 0 aromatic carbocycles. The zero-order valence-electron chi connectivity index (χ0n) is 48.1. The Labute approximate surface area is 454 Å². The van der Waals surface area contributed by atoms with Crippen molar-refractivity contribution in [3.05, 3.63) is 24.3 Å². The molecule has 8 N–H and O–H groups in total. The van der Waals surface area contributed by atoms with E-state index >= 15 is 0 Å². The van der Waals surface area contributed by atoms with Gasteiger partial charge in [-0.2, -0.15) is 0 Å². The van der Waals surface area contributed by atoms with Crippen molar-refractivity contribution in [1.82, 2.24) is 5.32 Å². The molecular formula is C63H121NO10. The molecule has 0 aromatic rings. The summed E-state index contributed by atoms with van der Waals surface area (Å²) in [5.41, 5.74) is 0. The summed E-state index contributed by atoms with van der Waals surface area (Å²) in [4.78, 5) is 13.2. The highest BCUT2D eigenvalue weighted by atomic mass is 16.7. The molecule has 0 radical (unpaired) electrons. The molecule has 0 aromatic heterocycles. The summed E-state index contributed by atoms with van der Waals surface area (Å²) in [6, 6.07) is -1.19. The van der Waals surface area contributed by atoms with Crippen LogP contribution in [0, 0.1) is 0 Å². The number of ether oxygens (including phenoxy) is 2. The zero-order chi connectivity index (χ0) is 54.0. The van der Waals surface area contributed by atoms with E-state index in [-0.39, 0.29) is 12.8 Å². The van der Waals surface area contributed by atoms with Gasteiger partial charge in [0.05, 0.1) is 25.4 Å². The SMILES string of the molecule is CCCCCCCCCCCCCCCCCCCCC/C=C/CC/C=C/CCCC(O)C(O)C(COC1OC(CO)C(O)C(O)C1O)NC(=O)C(O)CCCCCCCCCCCCCCCCCCCCC. The maximum atomic E-state index is 13.2. The van der Waals surface area contributed by atoms with E-state index < -0.39 is 74.2 Å². The average Bonchev–Trinajstić information content (AvgIpc) is 3.40. The molecule has 74 heavy (non-hydrogen) atoms. The predicted octanol–water partition coefficient (Wildman–Crippen LogP) is 14.1. The minimum Gasteiger partial charge on any atom is -0.394 e. The lowest BCUT2D eigenvalue weighted by Crippen LogP contribution is -2.60. The van der Waals surface area contributed by atoms with Gasteiger partial charge in [0.25, 0.3) is 0 Å². The quantitative estimate of drug-likeness (QED) is 0.0215. The second kappa shape index (κ2) is 52.3. The van der Waals surface area contributed by atoms with E-state index in [1.165, 1.54) is 218 Å². The van der Waals surface area contributed by atoms with Crippen molar-refractivity contribution in [1.29, 1.82) is 0 Å². The smallest absolute Gasteiger partial charge is 0.249 e. The molecule has 0 saturated carbocycles. The number of aliphatic hydroxyl groups is 7. The van der Waals surface area contributed by atoms with Crippen LogP contribution in [0.25, 0.3) is 0 Å². The molecule has 11 heteroatoms. The van der Waals surface area contributed by atoms with Crippen molar-refractivity contribution in [2.45, 2.75) is 358 Å². The molecule has 9 unspecified atom stereocenters. The Hall–Kier alpha value is -1.41. The van der Waals surface area contributed by atoms with Crippen LogP contribution in [0.4, 0.5) is 0 Å². The molecule has 1 heterocycles. The number of hydrogen-bond donors (Lipinski definition) is 8. The van der Waals surface area contributed by atoms with Crippen molar-refractivity contribution in [3.8, 4) is 0 Å². The maximum absolute atomic E-state index is 13.2. The first kappa shape index (κ1) is 70.6. The van der Waals surface area contributed by atoms with Crippen LogP contribution in [0.2, 0.25) is 0 Å². The Balaban J connectivity index is 2.28. The van der Waals surface area contributed by atoms with Gasteiger partial charge in [-0.05, 0) is 51.4 Å². The number of aliphatic hydroxyl groups excluding tert-OH is 7. The second-order valence-electron chi connectivity index (χ2n) is 22.5. The number of carbonyl (C=O) groups excluding carboxylic acids is 1. The molecule has 9 atom stereocenters. The normalized spacial score (nSPS) is 19.9. The molecule has 1 fully saturated rings. The van der Waals surface area contributed by atoms with Gasteiger partial charge in [-0.1, -0.05) is 276 Å². The van der Waals surface area contributed by atoms with E-state index in [2.05, 4.69) is 43.5 Å². The Morgan fingerprint density at radius 1 is 0.459 bits per heavy atom. The van der Waals surface area contributed by atoms with Crippen molar-refractivity contribution in [2.24, 2.45) is 0 Å². The average molecular weight is 1050 g/mol. The number of carbonyl (C=O) groups is 1. The van der Waals surface area contributed by atoms with Crippen LogP contribution in [-0.4, -0.2) is 110 Å². The number of allylic oxidation sites excluding steroid dienone is 4. The van der Waals surface area contributed by atoms with Crippen LogP contribution in [0.15, 0.2) is 24.3 Å². The fraction of sp³-hybridized carbons (Fsp3) is 0.921. The van der Waals surface area contributed by atoms with Gasteiger partial charge < -0.3 is 50.5 Å². The molecular weight excluding hydrogens is 931 g/mol. The highest BCUT2D eigenvalue weighted by molar-refractivity contribution is 5.80. The Morgan fingerprint density at radius 3 is 1.20 bits per heavy atom. The monoisotopic (exact) mass is 1050 g/mol.